The van der Waals surface area contributed by atoms with Crippen molar-refractivity contribution in [2.24, 2.45) is 0 Å². The maximum absolute atomic E-state index is 6.04. The molecule has 1 spiro atoms. The van der Waals surface area contributed by atoms with Gasteiger partial charge in [-0.15, -0.1) is 0 Å². The lowest BCUT2D eigenvalue weighted by atomic mass is 9.76. The standard InChI is InChI=1S/C17H30N4O/c1-18-9-10-21(2)13-15-12-19-20-16(15)14-4-7-17(8-5-14)6-3-11-22-17/h12,14,18H,3-11,13H2,1-2H3,(H,19,20). The van der Waals surface area contributed by atoms with E-state index in [-0.39, 0.29) is 5.60 Å². The van der Waals surface area contributed by atoms with Gasteiger partial charge in [0.2, 0.25) is 0 Å². The SMILES string of the molecule is CNCCN(C)Cc1c[nH]nc1C1CCC2(CCCO2)CC1. The molecule has 2 fully saturated rings. The maximum Gasteiger partial charge on any atom is 0.0697 e. The van der Waals surface area contributed by atoms with E-state index in [4.69, 9.17) is 4.74 Å². The van der Waals surface area contributed by atoms with Gasteiger partial charge in [0, 0.05) is 43.9 Å². The molecule has 1 aliphatic carbocycles. The molecule has 1 saturated carbocycles. The Balaban J connectivity index is 1.58. The molecule has 2 heterocycles. The largest absolute Gasteiger partial charge is 0.375 e. The highest BCUT2D eigenvalue weighted by Crippen LogP contribution is 2.44. The summed E-state index contributed by atoms with van der Waals surface area (Å²) in [4.78, 5) is 2.36. The third kappa shape index (κ3) is 3.53. The number of ether oxygens (including phenoxy) is 1. The van der Waals surface area contributed by atoms with Crippen LogP contribution in [0.2, 0.25) is 0 Å². The van der Waals surface area contributed by atoms with Gasteiger partial charge >= 0.3 is 0 Å². The summed E-state index contributed by atoms with van der Waals surface area (Å²) in [6, 6.07) is 0. The molecule has 5 nitrogen and oxygen atoms in total. The van der Waals surface area contributed by atoms with Gasteiger partial charge in [0.1, 0.15) is 0 Å². The zero-order valence-electron chi connectivity index (χ0n) is 14.0. The molecule has 0 atom stereocenters. The normalized spacial score (nSPS) is 28.8. The first-order chi connectivity index (χ1) is 10.7. The second-order valence-corrected chi connectivity index (χ2v) is 7.05. The van der Waals surface area contributed by atoms with E-state index in [1.54, 1.807) is 0 Å². The van der Waals surface area contributed by atoms with E-state index in [9.17, 15) is 0 Å². The Hall–Kier alpha value is -0.910. The number of nitrogens with one attached hydrogen (secondary N) is 2. The van der Waals surface area contributed by atoms with E-state index >= 15 is 0 Å². The molecule has 0 amide bonds. The number of H-pyrrole nitrogens is 1. The number of aromatic amines is 1. The Morgan fingerprint density at radius 2 is 2.23 bits per heavy atom. The van der Waals surface area contributed by atoms with Gasteiger partial charge in [-0.25, -0.2) is 0 Å². The summed E-state index contributed by atoms with van der Waals surface area (Å²) < 4.78 is 6.04. The second-order valence-electron chi connectivity index (χ2n) is 7.05. The molecule has 0 bridgehead atoms. The number of aromatic nitrogens is 2. The molecule has 3 rings (SSSR count). The molecular formula is C17H30N4O. The third-order valence-electron chi connectivity index (χ3n) is 5.41. The van der Waals surface area contributed by atoms with Crippen LogP contribution in [0.15, 0.2) is 6.20 Å². The van der Waals surface area contributed by atoms with Crippen molar-refractivity contribution in [1.82, 2.24) is 20.4 Å². The van der Waals surface area contributed by atoms with Crippen molar-refractivity contribution in [2.75, 3.05) is 33.8 Å². The summed E-state index contributed by atoms with van der Waals surface area (Å²) in [7, 11) is 4.18. The van der Waals surface area contributed by atoms with Crippen LogP contribution < -0.4 is 5.32 Å². The van der Waals surface area contributed by atoms with Crippen LogP contribution >= 0.6 is 0 Å². The van der Waals surface area contributed by atoms with Crippen LogP contribution in [-0.4, -0.2) is 54.5 Å². The van der Waals surface area contributed by atoms with Crippen molar-refractivity contribution in [1.29, 1.82) is 0 Å². The molecule has 0 aromatic carbocycles. The summed E-state index contributed by atoms with van der Waals surface area (Å²) in [5.41, 5.74) is 2.88. The Morgan fingerprint density at radius 1 is 1.41 bits per heavy atom. The van der Waals surface area contributed by atoms with Crippen LogP contribution in [0.3, 0.4) is 0 Å². The fourth-order valence-electron chi connectivity index (χ4n) is 4.04. The summed E-state index contributed by atoms with van der Waals surface area (Å²) in [5.74, 6) is 0.605. The van der Waals surface area contributed by atoms with E-state index in [0.717, 1.165) is 26.2 Å². The van der Waals surface area contributed by atoms with Crippen molar-refractivity contribution in [3.05, 3.63) is 17.5 Å². The summed E-state index contributed by atoms with van der Waals surface area (Å²) in [5, 5.41) is 10.9. The van der Waals surface area contributed by atoms with Crippen molar-refractivity contribution >= 4 is 0 Å². The van der Waals surface area contributed by atoms with E-state index in [0.29, 0.717) is 5.92 Å². The van der Waals surface area contributed by atoms with Crippen molar-refractivity contribution < 1.29 is 4.74 Å². The molecule has 2 aliphatic rings. The van der Waals surface area contributed by atoms with Crippen LogP contribution in [0.1, 0.15) is 55.7 Å². The van der Waals surface area contributed by atoms with Gasteiger partial charge in [-0.2, -0.15) is 5.10 Å². The highest BCUT2D eigenvalue weighted by Gasteiger charge is 2.39. The van der Waals surface area contributed by atoms with E-state index in [2.05, 4.69) is 33.7 Å². The van der Waals surface area contributed by atoms with Gasteiger partial charge in [0.15, 0.2) is 0 Å². The first kappa shape index (κ1) is 16.0. The molecule has 1 saturated heterocycles. The lowest BCUT2D eigenvalue weighted by Gasteiger charge is -2.36. The lowest BCUT2D eigenvalue weighted by Crippen LogP contribution is -2.33. The lowest BCUT2D eigenvalue weighted by molar-refractivity contribution is -0.0284. The van der Waals surface area contributed by atoms with E-state index < -0.39 is 0 Å². The van der Waals surface area contributed by atoms with Crippen LogP contribution in [-0.2, 0) is 11.3 Å². The molecular weight excluding hydrogens is 276 g/mol. The molecule has 1 aromatic rings. The number of hydrogen-bond donors (Lipinski definition) is 2. The fraction of sp³-hybridized carbons (Fsp3) is 0.824. The van der Waals surface area contributed by atoms with Crippen LogP contribution in [0.4, 0.5) is 0 Å². The summed E-state index contributed by atoms with van der Waals surface area (Å²) in [6.07, 6.45) is 9.45. The topological polar surface area (TPSA) is 53.2 Å². The average molecular weight is 306 g/mol. The zero-order valence-corrected chi connectivity index (χ0v) is 14.0. The van der Waals surface area contributed by atoms with Crippen LogP contribution in [0, 0.1) is 0 Å². The highest BCUT2D eigenvalue weighted by molar-refractivity contribution is 5.21. The molecule has 0 unspecified atom stereocenters. The summed E-state index contributed by atoms with van der Waals surface area (Å²) >= 11 is 0. The van der Waals surface area contributed by atoms with Gasteiger partial charge in [-0.1, -0.05) is 0 Å². The Kier molecular flexibility index (Phi) is 5.16. The Morgan fingerprint density at radius 3 is 2.91 bits per heavy atom. The summed E-state index contributed by atoms with van der Waals surface area (Å²) in [6.45, 7) is 4.02. The van der Waals surface area contributed by atoms with Crippen molar-refractivity contribution in [3.8, 4) is 0 Å². The maximum atomic E-state index is 6.04. The number of likely N-dealkylation sites (N-methyl/N-ethyl adjacent to an activating group) is 2. The van der Waals surface area contributed by atoms with Crippen molar-refractivity contribution in [2.45, 2.75) is 56.6 Å². The third-order valence-corrected chi connectivity index (χ3v) is 5.41. The number of rotatable bonds is 6. The van der Waals surface area contributed by atoms with Gasteiger partial charge in [0.25, 0.3) is 0 Å². The molecule has 1 aliphatic heterocycles. The zero-order chi connectivity index (χ0) is 15.4. The number of hydrogen-bond acceptors (Lipinski definition) is 4. The number of nitrogens with zero attached hydrogens (tertiary/aromatic N) is 2. The molecule has 0 radical (unpaired) electrons. The predicted octanol–water partition coefficient (Wildman–Crippen LogP) is 2.27. The first-order valence-electron chi connectivity index (χ1n) is 8.72. The predicted molar refractivity (Wildman–Crippen MR) is 88.0 cm³/mol. The molecule has 22 heavy (non-hydrogen) atoms. The van der Waals surface area contributed by atoms with E-state index in [1.165, 1.54) is 49.8 Å². The van der Waals surface area contributed by atoms with E-state index in [1.807, 2.05) is 7.05 Å². The first-order valence-corrected chi connectivity index (χ1v) is 8.72. The van der Waals surface area contributed by atoms with Gasteiger partial charge in [0.05, 0.1) is 11.3 Å². The fourth-order valence-corrected chi connectivity index (χ4v) is 4.04. The minimum Gasteiger partial charge on any atom is -0.375 e. The quantitative estimate of drug-likeness (QED) is 0.846. The van der Waals surface area contributed by atoms with Gasteiger partial charge in [-0.05, 0) is 52.6 Å². The Labute approximate surface area is 133 Å². The minimum atomic E-state index is 0.219. The average Bonchev–Trinajstić information content (AvgIpc) is 3.16. The van der Waals surface area contributed by atoms with Crippen LogP contribution in [0.5, 0.6) is 0 Å². The monoisotopic (exact) mass is 306 g/mol. The highest BCUT2D eigenvalue weighted by atomic mass is 16.5. The second kappa shape index (κ2) is 7.11. The van der Waals surface area contributed by atoms with Gasteiger partial charge in [-0.3, -0.25) is 5.10 Å². The molecule has 124 valence electrons. The smallest absolute Gasteiger partial charge is 0.0697 e. The Bertz CT molecular complexity index is 457. The molecule has 5 heteroatoms. The van der Waals surface area contributed by atoms with Crippen molar-refractivity contribution in [3.63, 3.8) is 0 Å². The van der Waals surface area contributed by atoms with Gasteiger partial charge < -0.3 is 15.0 Å². The van der Waals surface area contributed by atoms with Crippen LogP contribution in [0.25, 0.3) is 0 Å². The molecule has 1 aromatic heterocycles. The minimum absolute atomic E-state index is 0.219. The molecule has 2 N–H and O–H groups in total.